The number of carbonyl (C=O) groups is 1. The Morgan fingerprint density at radius 3 is 2.72 bits per heavy atom. The summed E-state index contributed by atoms with van der Waals surface area (Å²) in [5, 5.41) is 9.35. The largest absolute Gasteiger partial charge is 0.341 e. The fraction of sp³-hybridized carbons (Fsp3) is 0.364. The number of amides is 1. The van der Waals surface area contributed by atoms with Crippen LogP contribution >= 0.6 is 11.8 Å². The number of rotatable bonds is 6. The molecule has 3 aromatic rings. The normalized spacial score (nSPS) is 17.4. The van der Waals surface area contributed by atoms with Gasteiger partial charge in [-0.1, -0.05) is 29.5 Å². The molecular weight excluding hydrogens is 446 g/mol. The number of hydrogen-bond acceptors (Lipinski definition) is 7. The van der Waals surface area contributed by atoms with E-state index in [9.17, 15) is 13.2 Å². The number of aryl methyl sites for hydroxylation is 2. The van der Waals surface area contributed by atoms with Crippen molar-refractivity contribution < 1.29 is 13.2 Å². The highest BCUT2D eigenvalue weighted by molar-refractivity contribution is 7.99. The number of benzene rings is 1. The minimum absolute atomic E-state index is 0.0316. The van der Waals surface area contributed by atoms with E-state index in [2.05, 4.69) is 21.2 Å². The average Bonchev–Trinajstić information content (AvgIpc) is 3.35. The predicted molar refractivity (Wildman–Crippen MR) is 125 cm³/mol. The van der Waals surface area contributed by atoms with Gasteiger partial charge in [0, 0.05) is 31.0 Å². The topological polar surface area (TPSA) is 98.1 Å². The molecule has 0 radical (unpaired) electrons. The van der Waals surface area contributed by atoms with Gasteiger partial charge in [0.05, 0.1) is 22.9 Å². The molecule has 1 atom stereocenters. The lowest BCUT2D eigenvalue weighted by molar-refractivity contribution is -0.128. The van der Waals surface area contributed by atoms with Crippen molar-refractivity contribution >= 4 is 27.5 Å². The molecule has 0 N–H and O–H groups in total. The summed E-state index contributed by atoms with van der Waals surface area (Å²) in [5.74, 6) is 0.829. The summed E-state index contributed by atoms with van der Waals surface area (Å²) in [4.78, 5) is 18.5. The summed E-state index contributed by atoms with van der Waals surface area (Å²) in [7, 11) is -1.38. The SMILES string of the molecule is Cc1ccc(-n2c(SCC(=O)N(C)C3CCS(=O)(=O)C3)nnc2-c2cccnc2)c(C)c1. The maximum atomic E-state index is 12.8. The highest BCUT2D eigenvalue weighted by atomic mass is 32.2. The lowest BCUT2D eigenvalue weighted by Gasteiger charge is -2.23. The van der Waals surface area contributed by atoms with E-state index in [0.717, 1.165) is 22.4 Å². The second-order valence-corrected chi connectivity index (χ2v) is 11.2. The Kier molecular flexibility index (Phi) is 6.34. The molecular formula is C22H25N5O3S2. The third kappa shape index (κ3) is 4.71. The first-order chi connectivity index (χ1) is 15.2. The Balaban J connectivity index is 1.61. The van der Waals surface area contributed by atoms with Crippen molar-refractivity contribution in [1.29, 1.82) is 0 Å². The van der Waals surface area contributed by atoms with Crippen LogP contribution in [0.3, 0.4) is 0 Å². The fourth-order valence-electron chi connectivity index (χ4n) is 3.83. The Labute approximate surface area is 192 Å². The van der Waals surface area contributed by atoms with Crippen LogP contribution in [-0.2, 0) is 14.6 Å². The van der Waals surface area contributed by atoms with Gasteiger partial charge in [0.25, 0.3) is 0 Å². The zero-order valence-electron chi connectivity index (χ0n) is 18.2. The van der Waals surface area contributed by atoms with Crippen molar-refractivity contribution in [2.45, 2.75) is 31.5 Å². The molecule has 8 nitrogen and oxygen atoms in total. The Morgan fingerprint density at radius 2 is 2.06 bits per heavy atom. The van der Waals surface area contributed by atoms with Crippen molar-refractivity contribution in [1.82, 2.24) is 24.6 Å². The molecule has 4 rings (SSSR count). The van der Waals surface area contributed by atoms with Gasteiger partial charge in [0.2, 0.25) is 5.91 Å². The molecule has 1 aliphatic heterocycles. The van der Waals surface area contributed by atoms with Gasteiger partial charge in [-0.2, -0.15) is 0 Å². The Bertz CT molecular complexity index is 1240. The lowest BCUT2D eigenvalue weighted by Crippen LogP contribution is -2.38. The van der Waals surface area contributed by atoms with Gasteiger partial charge in [-0.05, 0) is 44.0 Å². The van der Waals surface area contributed by atoms with Gasteiger partial charge < -0.3 is 4.90 Å². The Morgan fingerprint density at radius 1 is 1.25 bits per heavy atom. The molecule has 3 heterocycles. The highest BCUT2D eigenvalue weighted by Crippen LogP contribution is 2.30. The highest BCUT2D eigenvalue weighted by Gasteiger charge is 2.32. The van der Waals surface area contributed by atoms with Crippen LogP contribution in [0.5, 0.6) is 0 Å². The molecule has 168 valence electrons. The lowest BCUT2D eigenvalue weighted by atomic mass is 10.1. The summed E-state index contributed by atoms with van der Waals surface area (Å²) < 4.78 is 25.5. The minimum atomic E-state index is -3.05. The number of aromatic nitrogens is 4. The first-order valence-corrected chi connectivity index (χ1v) is 13.1. The van der Waals surface area contributed by atoms with Gasteiger partial charge in [-0.15, -0.1) is 10.2 Å². The quantitative estimate of drug-likeness (QED) is 0.510. The molecule has 0 saturated carbocycles. The first-order valence-electron chi connectivity index (χ1n) is 10.3. The van der Waals surface area contributed by atoms with Gasteiger partial charge in [-0.25, -0.2) is 8.42 Å². The zero-order chi connectivity index (χ0) is 22.9. The monoisotopic (exact) mass is 471 g/mol. The molecule has 0 spiro atoms. The van der Waals surface area contributed by atoms with Crippen LogP contribution < -0.4 is 0 Å². The van der Waals surface area contributed by atoms with Crippen molar-refractivity contribution in [3.63, 3.8) is 0 Å². The smallest absolute Gasteiger partial charge is 0.233 e. The molecule has 1 unspecified atom stereocenters. The Hall–Kier alpha value is -2.72. The van der Waals surface area contributed by atoms with E-state index in [1.165, 1.54) is 11.8 Å². The molecule has 1 saturated heterocycles. The number of nitrogens with zero attached hydrogens (tertiary/aromatic N) is 5. The molecule has 10 heteroatoms. The number of sulfone groups is 1. The predicted octanol–water partition coefficient (Wildman–Crippen LogP) is 2.68. The third-order valence-corrected chi connectivity index (χ3v) is 8.28. The minimum Gasteiger partial charge on any atom is -0.341 e. The second kappa shape index (κ2) is 9.03. The van der Waals surface area contributed by atoms with E-state index in [1.54, 1.807) is 24.3 Å². The summed E-state index contributed by atoms with van der Waals surface area (Å²) in [6.07, 6.45) is 3.92. The second-order valence-electron chi connectivity index (χ2n) is 8.02. The maximum Gasteiger partial charge on any atom is 0.233 e. The van der Waals surface area contributed by atoms with Gasteiger partial charge in [0.1, 0.15) is 0 Å². The molecule has 1 aliphatic rings. The molecule has 2 aromatic heterocycles. The van der Waals surface area contributed by atoms with Crippen molar-refractivity contribution in [3.8, 4) is 17.1 Å². The molecule has 1 amide bonds. The van der Waals surface area contributed by atoms with E-state index in [4.69, 9.17) is 0 Å². The van der Waals surface area contributed by atoms with Crippen LogP contribution in [0.1, 0.15) is 17.5 Å². The van der Waals surface area contributed by atoms with Crippen LogP contribution in [0, 0.1) is 13.8 Å². The standard InChI is InChI=1S/C22H25N5O3S2/c1-15-6-7-19(16(2)11-15)27-21(17-5-4-9-23-12-17)24-25-22(27)31-13-20(28)26(3)18-8-10-32(29,30)14-18/h4-7,9,11-12,18H,8,10,13-14H2,1-3H3. The average molecular weight is 472 g/mol. The number of pyridine rings is 1. The molecule has 1 fully saturated rings. The molecule has 32 heavy (non-hydrogen) atoms. The van der Waals surface area contributed by atoms with Crippen molar-refractivity contribution in [3.05, 3.63) is 53.9 Å². The summed E-state index contributed by atoms with van der Waals surface area (Å²) in [6, 6.07) is 9.65. The van der Waals surface area contributed by atoms with Crippen molar-refractivity contribution in [2.24, 2.45) is 0 Å². The zero-order valence-corrected chi connectivity index (χ0v) is 19.9. The van der Waals surface area contributed by atoms with Crippen LogP contribution in [0.2, 0.25) is 0 Å². The van der Waals surface area contributed by atoms with Gasteiger partial charge in [0.15, 0.2) is 20.8 Å². The van der Waals surface area contributed by atoms with Crippen LogP contribution in [0.25, 0.3) is 17.1 Å². The van der Waals surface area contributed by atoms with E-state index >= 15 is 0 Å². The number of thioether (sulfide) groups is 1. The van der Waals surface area contributed by atoms with Crippen molar-refractivity contribution in [2.75, 3.05) is 24.3 Å². The summed E-state index contributed by atoms with van der Waals surface area (Å²) >= 11 is 1.29. The van der Waals surface area contributed by atoms with Crippen LogP contribution in [-0.4, -0.2) is 69.3 Å². The summed E-state index contributed by atoms with van der Waals surface area (Å²) in [6.45, 7) is 4.07. The van der Waals surface area contributed by atoms with Gasteiger partial charge >= 0.3 is 0 Å². The molecule has 0 bridgehead atoms. The summed E-state index contributed by atoms with van der Waals surface area (Å²) in [5.41, 5.74) is 3.98. The van der Waals surface area contributed by atoms with E-state index in [1.807, 2.05) is 42.7 Å². The molecule has 1 aromatic carbocycles. The van der Waals surface area contributed by atoms with Gasteiger partial charge in [-0.3, -0.25) is 14.3 Å². The first kappa shape index (κ1) is 22.5. The molecule has 0 aliphatic carbocycles. The fourth-order valence-corrected chi connectivity index (χ4v) is 6.47. The van der Waals surface area contributed by atoms with Crippen LogP contribution in [0.4, 0.5) is 0 Å². The van der Waals surface area contributed by atoms with E-state index in [0.29, 0.717) is 17.4 Å². The third-order valence-electron chi connectivity index (χ3n) is 5.62. The maximum absolute atomic E-state index is 12.8. The number of carbonyl (C=O) groups excluding carboxylic acids is 1. The van der Waals surface area contributed by atoms with E-state index < -0.39 is 9.84 Å². The van der Waals surface area contributed by atoms with E-state index in [-0.39, 0.29) is 29.2 Å². The van der Waals surface area contributed by atoms with Crippen LogP contribution in [0.15, 0.2) is 47.9 Å². The number of hydrogen-bond donors (Lipinski definition) is 0.